The average molecular weight is 158 g/mol. The number of carbonyl (C=O) groups is 2. The van der Waals surface area contributed by atoms with E-state index in [-0.39, 0.29) is 5.78 Å². The van der Waals surface area contributed by atoms with Crippen LogP contribution in [0.1, 0.15) is 27.7 Å². The second-order valence-corrected chi connectivity index (χ2v) is 3.49. The lowest BCUT2D eigenvalue weighted by Crippen LogP contribution is -2.32. The van der Waals surface area contributed by atoms with Gasteiger partial charge in [-0.2, -0.15) is 0 Å². The molecule has 11 heavy (non-hydrogen) atoms. The topological polar surface area (TPSA) is 43.4 Å². The van der Waals surface area contributed by atoms with E-state index < -0.39 is 11.5 Å². The van der Waals surface area contributed by atoms with Gasteiger partial charge in [0.1, 0.15) is 0 Å². The second-order valence-electron chi connectivity index (χ2n) is 3.49. The molecule has 0 fully saturated rings. The van der Waals surface area contributed by atoms with E-state index in [1.165, 1.54) is 0 Å². The van der Waals surface area contributed by atoms with Crippen molar-refractivity contribution in [1.29, 1.82) is 0 Å². The van der Waals surface area contributed by atoms with Crippen molar-refractivity contribution in [3.63, 3.8) is 0 Å². The lowest BCUT2D eigenvalue weighted by molar-refractivity contribution is -0.146. The third kappa shape index (κ3) is 3.16. The molecule has 3 nitrogen and oxygen atoms in total. The van der Waals surface area contributed by atoms with Crippen LogP contribution in [0.5, 0.6) is 0 Å². The number of hydrogen-bond donors (Lipinski definition) is 0. The molecule has 0 rings (SSSR count). The van der Waals surface area contributed by atoms with Gasteiger partial charge in [0.15, 0.2) is 11.9 Å². The number of ether oxygens (including phenoxy) is 1. The molecule has 0 aromatic carbocycles. The molecule has 0 radical (unpaired) electrons. The van der Waals surface area contributed by atoms with E-state index >= 15 is 0 Å². The van der Waals surface area contributed by atoms with Crippen LogP contribution < -0.4 is 0 Å². The summed E-state index contributed by atoms with van der Waals surface area (Å²) in [6.07, 6.45) is -0.632. The van der Waals surface area contributed by atoms with Crippen LogP contribution in [0.4, 0.5) is 0 Å². The fourth-order valence-electron chi connectivity index (χ4n) is 0.755. The minimum atomic E-state index is -0.632. The van der Waals surface area contributed by atoms with Gasteiger partial charge >= 0.3 is 0 Å². The van der Waals surface area contributed by atoms with E-state index in [2.05, 4.69) is 4.74 Å². The second kappa shape index (κ2) is 3.51. The zero-order valence-corrected chi connectivity index (χ0v) is 7.38. The molecule has 0 saturated carbocycles. The Morgan fingerprint density at radius 1 is 1.45 bits per heavy atom. The molecule has 0 bridgehead atoms. The Morgan fingerprint density at radius 2 is 1.91 bits per heavy atom. The summed E-state index contributed by atoms with van der Waals surface area (Å²) in [5.74, 6) is -0.0652. The largest absolute Gasteiger partial charge is 0.457 e. The van der Waals surface area contributed by atoms with Crippen molar-refractivity contribution < 1.29 is 14.3 Å². The number of carbonyl (C=O) groups excluding carboxylic acids is 2. The summed E-state index contributed by atoms with van der Waals surface area (Å²) in [5, 5.41) is 0. The van der Waals surface area contributed by atoms with Crippen molar-refractivity contribution in [2.75, 3.05) is 0 Å². The molecule has 0 aliphatic carbocycles. The Labute approximate surface area is 66.7 Å². The van der Waals surface area contributed by atoms with Gasteiger partial charge in [0.05, 0.1) is 0 Å². The van der Waals surface area contributed by atoms with E-state index in [1.807, 2.05) is 0 Å². The number of Topliss-reactive ketones (excluding diaryl/α,β-unsaturated/α-hetero) is 1. The van der Waals surface area contributed by atoms with E-state index in [9.17, 15) is 9.59 Å². The van der Waals surface area contributed by atoms with Crippen LogP contribution in [0.25, 0.3) is 0 Å². The van der Waals surface area contributed by atoms with Crippen molar-refractivity contribution >= 4 is 12.3 Å². The Hall–Kier alpha value is -0.860. The Bertz CT molecular complexity index is 155. The number of hydrogen-bond acceptors (Lipinski definition) is 3. The zero-order valence-electron chi connectivity index (χ0n) is 7.38. The van der Waals surface area contributed by atoms with Gasteiger partial charge in [-0.25, -0.2) is 0 Å². The molecular formula is C8H14O3. The molecule has 64 valence electrons. The predicted molar refractivity (Wildman–Crippen MR) is 41.1 cm³/mol. The first-order valence-electron chi connectivity index (χ1n) is 3.53. The monoisotopic (exact) mass is 158 g/mol. The molecule has 0 N–H and O–H groups in total. The fourth-order valence-corrected chi connectivity index (χ4v) is 0.755. The van der Waals surface area contributed by atoms with Gasteiger partial charge in [0, 0.05) is 5.41 Å². The van der Waals surface area contributed by atoms with Crippen LogP contribution in [0.15, 0.2) is 0 Å². The first-order chi connectivity index (χ1) is 4.89. The molecule has 0 spiro atoms. The van der Waals surface area contributed by atoms with Crippen LogP contribution in [-0.4, -0.2) is 18.4 Å². The summed E-state index contributed by atoms with van der Waals surface area (Å²) in [6.45, 7) is 7.25. The maximum Gasteiger partial charge on any atom is 0.293 e. The highest BCUT2D eigenvalue weighted by Gasteiger charge is 2.27. The SMILES string of the molecule is CC(OC=O)C(=O)C(C)(C)C. The van der Waals surface area contributed by atoms with Crippen molar-refractivity contribution in [1.82, 2.24) is 0 Å². The normalized spacial score (nSPS) is 13.8. The molecule has 0 heterocycles. The van der Waals surface area contributed by atoms with Gasteiger partial charge in [-0.05, 0) is 6.92 Å². The standard InChI is InChI=1S/C8H14O3/c1-6(11-5-9)7(10)8(2,3)4/h5-6H,1-4H3. The molecule has 0 amide bonds. The molecular weight excluding hydrogens is 144 g/mol. The highest BCUT2D eigenvalue weighted by atomic mass is 16.5. The first-order valence-corrected chi connectivity index (χ1v) is 3.53. The summed E-state index contributed by atoms with van der Waals surface area (Å²) in [4.78, 5) is 21.1. The van der Waals surface area contributed by atoms with Gasteiger partial charge in [-0.15, -0.1) is 0 Å². The minimum absolute atomic E-state index is 0.0652. The average Bonchev–Trinajstić information content (AvgIpc) is 1.85. The third-order valence-electron chi connectivity index (χ3n) is 1.37. The molecule has 0 aliphatic heterocycles. The van der Waals surface area contributed by atoms with E-state index in [0.29, 0.717) is 6.47 Å². The summed E-state index contributed by atoms with van der Waals surface area (Å²) >= 11 is 0. The van der Waals surface area contributed by atoms with Gasteiger partial charge in [-0.3, -0.25) is 9.59 Å². The summed E-state index contributed by atoms with van der Waals surface area (Å²) in [5.41, 5.74) is -0.442. The van der Waals surface area contributed by atoms with Crippen molar-refractivity contribution in [2.24, 2.45) is 5.41 Å². The molecule has 0 saturated heterocycles. The van der Waals surface area contributed by atoms with Gasteiger partial charge in [0.2, 0.25) is 0 Å². The van der Waals surface area contributed by atoms with Crippen LogP contribution >= 0.6 is 0 Å². The Balaban J connectivity index is 4.13. The molecule has 0 aromatic rings. The maximum absolute atomic E-state index is 11.3. The van der Waals surface area contributed by atoms with E-state index in [4.69, 9.17) is 0 Å². The molecule has 0 aromatic heterocycles. The molecule has 1 atom stereocenters. The smallest absolute Gasteiger partial charge is 0.293 e. The third-order valence-corrected chi connectivity index (χ3v) is 1.37. The van der Waals surface area contributed by atoms with E-state index in [1.54, 1.807) is 27.7 Å². The van der Waals surface area contributed by atoms with Crippen molar-refractivity contribution in [2.45, 2.75) is 33.8 Å². The van der Waals surface area contributed by atoms with Crippen molar-refractivity contribution in [3.8, 4) is 0 Å². The minimum Gasteiger partial charge on any atom is -0.457 e. The van der Waals surface area contributed by atoms with Gasteiger partial charge in [-0.1, -0.05) is 20.8 Å². The first kappa shape index (κ1) is 10.1. The Kier molecular flexibility index (Phi) is 3.23. The lowest BCUT2D eigenvalue weighted by Gasteiger charge is -2.19. The number of ketones is 1. The van der Waals surface area contributed by atoms with Gasteiger partial charge in [0.25, 0.3) is 6.47 Å². The van der Waals surface area contributed by atoms with Crippen LogP contribution in [0.3, 0.4) is 0 Å². The van der Waals surface area contributed by atoms with E-state index in [0.717, 1.165) is 0 Å². The van der Waals surface area contributed by atoms with Crippen LogP contribution in [0, 0.1) is 5.41 Å². The summed E-state index contributed by atoms with van der Waals surface area (Å²) < 4.78 is 4.50. The maximum atomic E-state index is 11.3. The highest BCUT2D eigenvalue weighted by molar-refractivity contribution is 5.88. The quantitative estimate of drug-likeness (QED) is 0.579. The Morgan fingerprint density at radius 3 is 2.18 bits per heavy atom. The fraction of sp³-hybridized carbons (Fsp3) is 0.750. The van der Waals surface area contributed by atoms with Crippen LogP contribution in [0.2, 0.25) is 0 Å². The summed E-state index contributed by atoms with van der Waals surface area (Å²) in [7, 11) is 0. The zero-order chi connectivity index (χ0) is 9.07. The summed E-state index contributed by atoms with van der Waals surface area (Å²) in [6, 6.07) is 0. The van der Waals surface area contributed by atoms with Crippen molar-refractivity contribution in [3.05, 3.63) is 0 Å². The molecule has 3 heteroatoms. The predicted octanol–water partition coefficient (Wildman–Crippen LogP) is 1.16. The lowest BCUT2D eigenvalue weighted by atomic mass is 9.88. The number of rotatable bonds is 3. The van der Waals surface area contributed by atoms with Gasteiger partial charge < -0.3 is 4.74 Å². The highest BCUT2D eigenvalue weighted by Crippen LogP contribution is 2.17. The molecule has 0 aliphatic rings. The molecule has 1 unspecified atom stereocenters. The van der Waals surface area contributed by atoms with Crippen LogP contribution in [-0.2, 0) is 14.3 Å².